The molecule has 0 radical (unpaired) electrons. The van der Waals surface area contributed by atoms with Crippen LogP contribution < -0.4 is 5.32 Å². The third-order valence-electron chi connectivity index (χ3n) is 3.40. The van der Waals surface area contributed by atoms with Gasteiger partial charge in [-0.05, 0) is 19.1 Å². The van der Waals surface area contributed by atoms with Crippen LogP contribution >= 0.6 is 0 Å². The zero-order valence-electron chi connectivity index (χ0n) is 12.6. The quantitative estimate of drug-likeness (QED) is 0.763. The number of imidazole rings is 1. The van der Waals surface area contributed by atoms with E-state index in [2.05, 4.69) is 25.4 Å². The van der Waals surface area contributed by atoms with Crippen molar-refractivity contribution < 1.29 is 18.0 Å². The Hall–Kier alpha value is -2.91. The number of rotatable bonds is 4. The van der Waals surface area contributed by atoms with Crippen molar-refractivity contribution in [3.05, 3.63) is 41.6 Å². The Balaban J connectivity index is 1.77. The van der Waals surface area contributed by atoms with Gasteiger partial charge in [0.15, 0.2) is 5.65 Å². The number of carbonyl (C=O) groups excluding carboxylic acids is 1. The molecule has 0 saturated heterocycles. The fourth-order valence-corrected chi connectivity index (χ4v) is 2.23. The Kier molecular flexibility index (Phi) is 3.96. The molecule has 1 amide bonds. The number of hydrogen-bond acceptors (Lipinski definition) is 4. The first-order chi connectivity index (χ1) is 11.4. The Bertz CT molecular complexity index is 882. The number of aryl methyl sites for hydroxylation is 1. The number of aromatic amines is 1. The van der Waals surface area contributed by atoms with Gasteiger partial charge in [0.25, 0.3) is 5.91 Å². The smallest absolute Gasteiger partial charge is 0.346 e. The fourth-order valence-electron chi connectivity index (χ4n) is 2.23. The third-order valence-corrected chi connectivity index (χ3v) is 3.40. The summed E-state index contributed by atoms with van der Waals surface area (Å²) >= 11 is 0. The lowest BCUT2D eigenvalue weighted by atomic mass is 10.2. The predicted octanol–water partition coefficient (Wildman–Crippen LogP) is 2.12. The van der Waals surface area contributed by atoms with Crippen molar-refractivity contribution in [2.45, 2.75) is 26.2 Å². The summed E-state index contributed by atoms with van der Waals surface area (Å²) in [6, 6.07) is 3.06. The molecule has 0 fully saturated rings. The normalized spacial score (nSPS) is 11.8. The van der Waals surface area contributed by atoms with Crippen molar-refractivity contribution >= 4 is 17.1 Å². The first-order valence-corrected chi connectivity index (χ1v) is 7.10. The molecule has 10 heteroatoms. The van der Waals surface area contributed by atoms with Gasteiger partial charge in [-0.1, -0.05) is 0 Å². The lowest BCUT2D eigenvalue weighted by Crippen LogP contribution is -2.24. The maximum atomic E-state index is 12.6. The van der Waals surface area contributed by atoms with Gasteiger partial charge in [0, 0.05) is 18.9 Å². The van der Waals surface area contributed by atoms with Crippen molar-refractivity contribution in [1.82, 2.24) is 30.0 Å². The molecule has 7 nitrogen and oxygen atoms in total. The number of H-pyrrole nitrogens is 1. The summed E-state index contributed by atoms with van der Waals surface area (Å²) in [6.45, 7) is 2.84. The molecule has 24 heavy (non-hydrogen) atoms. The largest absolute Gasteiger partial charge is 0.449 e. The molecule has 3 aromatic heterocycles. The number of hydrogen-bond donors (Lipinski definition) is 2. The van der Waals surface area contributed by atoms with Crippen molar-refractivity contribution in [3.63, 3.8) is 0 Å². The Morgan fingerprint density at radius 2 is 2.21 bits per heavy atom. The molecule has 126 valence electrons. The van der Waals surface area contributed by atoms with Crippen LogP contribution in [0.4, 0.5) is 13.2 Å². The molecule has 0 aliphatic rings. The minimum Gasteiger partial charge on any atom is -0.346 e. The maximum absolute atomic E-state index is 12.6. The monoisotopic (exact) mass is 338 g/mol. The van der Waals surface area contributed by atoms with Gasteiger partial charge < -0.3 is 10.3 Å². The maximum Gasteiger partial charge on any atom is 0.449 e. The standard InChI is InChI=1S/C14H13F3N6O/c1-2-23-9(3-4-20-23)7-19-12(24)8-5-10-11(18-6-8)22-13(21-10)14(15,16)17/h3-6H,2,7H2,1H3,(H,19,24)(H,18,21,22). The van der Waals surface area contributed by atoms with Crippen LogP contribution in [-0.4, -0.2) is 30.6 Å². The summed E-state index contributed by atoms with van der Waals surface area (Å²) < 4.78 is 39.6. The lowest BCUT2D eigenvalue weighted by Gasteiger charge is -2.07. The fraction of sp³-hybridized carbons (Fsp3) is 0.286. The van der Waals surface area contributed by atoms with Gasteiger partial charge in [-0.25, -0.2) is 9.97 Å². The van der Waals surface area contributed by atoms with E-state index in [4.69, 9.17) is 0 Å². The van der Waals surface area contributed by atoms with Crippen molar-refractivity contribution in [3.8, 4) is 0 Å². The molecule has 2 N–H and O–H groups in total. The summed E-state index contributed by atoms with van der Waals surface area (Å²) in [6.07, 6.45) is -1.78. The zero-order chi connectivity index (χ0) is 17.3. The van der Waals surface area contributed by atoms with Crippen molar-refractivity contribution in [1.29, 1.82) is 0 Å². The first-order valence-electron chi connectivity index (χ1n) is 7.10. The molecule has 3 aromatic rings. The van der Waals surface area contributed by atoms with E-state index in [0.717, 1.165) is 5.69 Å². The van der Waals surface area contributed by atoms with E-state index in [-0.39, 0.29) is 23.3 Å². The third kappa shape index (κ3) is 3.07. The molecular weight excluding hydrogens is 325 g/mol. The molecule has 0 spiro atoms. The highest BCUT2D eigenvalue weighted by atomic mass is 19.4. The summed E-state index contributed by atoms with van der Waals surface area (Å²) in [7, 11) is 0. The van der Waals surface area contributed by atoms with Gasteiger partial charge in [-0.15, -0.1) is 0 Å². The first kappa shape index (κ1) is 16.0. The van der Waals surface area contributed by atoms with Crippen molar-refractivity contribution in [2.75, 3.05) is 0 Å². The molecule has 3 heterocycles. The number of amides is 1. The second-order valence-electron chi connectivity index (χ2n) is 5.00. The van der Waals surface area contributed by atoms with Gasteiger partial charge in [-0.2, -0.15) is 18.3 Å². The Morgan fingerprint density at radius 1 is 1.42 bits per heavy atom. The van der Waals surface area contributed by atoms with E-state index < -0.39 is 17.9 Å². The van der Waals surface area contributed by atoms with Crippen LogP contribution in [0.1, 0.15) is 28.8 Å². The second kappa shape index (κ2) is 5.95. The summed E-state index contributed by atoms with van der Waals surface area (Å²) in [4.78, 5) is 21.4. The minimum absolute atomic E-state index is 0.0496. The van der Waals surface area contributed by atoms with Gasteiger partial charge in [0.05, 0.1) is 23.3 Å². The Morgan fingerprint density at radius 3 is 2.92 bits per heavy atom. The SMILES string of the molecule is CCn1nccc1CNC(=O)c1cnc2nc(C(F)(F)F)[nH]c2c1. The van der Waals surface area contributed by atoms with E-state index >= 15 is 0 Å². The van der Waals surface area contributed by atoms with Gasteiger partial charge >= 0.3 is 6.18 Å². The number of carbonyl (C=O) groups is 1. The number of aromatic nitrogens is 5. The summed E-state index contributed by atoms with van der Waals surface area (Å²) in [5.41, 5.74) is 0.916. The summed E-state index contributed by atoms with van der Waals surface area (Å²) in [5.74, 6) is -1.59. The number of nitrogens with one attached hydrogen (secondary N) is 2. The van der Waals surface area contributed by atoms with Crippen molar-refractivity contribution in [2.24, 2.45) is 0 Å². The number of nitrogens with zero attached hydrogens (tertiary/aromatic N) is 4. The topological polar surface area (TPSA) is 88.5 Å². The Labute approximate surface area is 133 Å². The molecular formula is C14H13F3N6O. The van der Waals surface area contributed by atoms with Gasteiger partial charge in [0.2, 0.25) is 5.82 Å². The number of alkyl halides is 3. The van der Waals surface area contributed by atoms with E-state index in [1.165, 1.54) is 12.3 Å². The predicted molar refractivity (Wildman–Crippen MR) is 78.0 cm³/mol. The van der Waals surface area contributed by atoms with E-state index in [0.29, 0.717) is 6.54 Å². The highest BCUT2D eigenvalue weighted by Crippen LogP contribution is 2.28. The molecule has 3 rings (SSSR count). The van der Waals surface area contributed by atoms with Crippen LogP contribution in [0, 0.1) is 0 Å². The van der Waals surface area contributed by atoms with E-state index in [1.54, 1.807) is 16.9 Å². The second-order valence-corrected chi connectivity index (χ2v) is 5.00. The van der Waals surface area contributed by atoms with Crippen LogP contribution in [-0.2, 0) is 19.3 Å². The molecule has 0 unspecified atom stereocenters. The van der Waals surface area contributed by atoms with E-state index in [1.807, 2.05) is 6.92 Å². The van der Waals surface area contributed by atoms with E-state index in [9.17, 15) is 18.0 Å². The molecule has 0 bridgehead atoms. The summed E-state index contributed by atoms with van der Waals surface area (Å²) in [5, 5.41) is 6.77. The molecule has 0 aliphatic carbocycles. The average Bonchev–Trinajstić information content (AvgIpc) is 3.17. The highest BCUT2D eigenvalue weighted by Gasteiger charge is 2.35. The molecule has 0 atom stereocenters. The molecule has 0 saturated carbocycles. The van der Waals surface area contributed by atoms with Crippen LogP contribution in [0.2, 0.25) is 0 Å². The average molecular weight is 338 g/mol. The van der Waals surface area contributed by atoms with Crippen LogP contribution in [0.15, 0.2) is 24.5 Å². The van der Waals surface area contributed by atoms with Gasteiger partial charge in [0.1, 0.15) is 0 Å². The number of halogens is 3. The van der Waals surface area contributed by atoms with Crippen LogP contribution in [0.25, 0.3) is 11.2 Å². The minimum atomic E-state index is -4.60. The number of pyridine rings is 1. The number of fused-ring (bicyclic) bond motifs is 1. The molecule has 0 aliphatic heterocycles. The lowest BCUT2D eigenvalue weighted by molar-refractivity contribution is -0.144. The zero-order valence-corrected chi connectivity index (χ0v) is 12.6. The molecule has 0 aromatic carbocycles. The highest BCUT2D eigenvalue weighted by molar-refractivity contribution is 5.96. The van der Waals surface area contributed by atoms with Crippen LogP contribution in [0.5, 0.6) is 0 Å². The van der Waals surface area contributed by atoms with Crippen LogP contribution in [0.3, 0.4) is 0 Å². The van der Waals surface area contributed by atoms with Gasteiger partial charge in [-0.3, -0.25) is 9.48 Å².